The van der Waals surface area contributed by atoms with Crippen LogP contribution >= 0.6 is 27.5 Å². The second-order valence-corrected chi connectivity index (χ2v) is 4.40. The molecule has 0 fully saturated rings. The van der Waals surface area contributed by atoms with Crippen LogP contribution in [0.5, 0.6) is 5.75 Å². The quantitative estimate of drug-likeness (QED) is 0.756. The molecule has 0 saturated carbocycles. The molecule has 0 spiro atoms. The zero-order valence-electron chi connectivity index (χ0n) is 8.23. The molecule has 0 aliphatic rings. The predicted octanol–water partition coefficient (Wildman–Crippen LogP) is 4.31. The van der Waals surface area contributed by atoms with Gasteiger partial charge in [-0.25, -0.2) is 8.78 Å². The van der Waals surface area contributed by atoms with Crippen LogP contribution in [0.3, 0.4) is 0 Å². The Balaban J connectivity index is 3.21. The fourth-order valence-electron chi connectivity index (χ4n) is 1.20. The standard InChI is InChI=1S/C10H10BrClF2O/c1-5-3-8(15-2)6(4-7(5)11)9(12)10(13)14/h3-4,9-10H,1-2H3. The van der Waals surface area contributed by atoms with Crippen molar-refractivity contribution in [1.29, 1.82) is 0 Å². The second-order valence-electron chi connectivity index (χ2n) is 3.08. The maximum Gasteiger partial charge on any atom is 0.258 e. The highest BCUT2D eigenvalue weighted by atomic mass is 79.9. The monoisotopic (exact) mass is 298 g/mol. The third kappa shape index (κ3) is 2.82. The molecule has 0 radical (unpaired) electrons. The average molecular weight is 300 g/mol. The van der Waals surface area contributed by atoms with Gasteiger partial charge < -0.3 is 4.74 Å². The van der Waals surface area contributed by atoms with Crippen LogP contribution in [0.15, 0.2) is 16.6 Å². The molecule has 0 saturated heterocycles. The van der Waals surface area contributed by atoms with E-state index in [1.54, 1.807) is 12.1 Å². The van der Waals surface area contributed by atoms with E-state index in [4.69, 9.17) is 16.3 Å². The molecule has 0 N–H and O–H groups in total. The van der Waals surface area contributed by atoms with Crippen molar-refractivity contribution in [3.63, 3.8) is 0 Å². The SMILES string of the molecule is COc1cc(C)c(Br)cc1C(Cl)C(F)F. The van der Waals surface area contributed by atoms with Gasteiger partial charge in [-0.05, 0) is 24.6 Å². The average Bonchev–Trinajstić information content (AvgIpc) is 2.20. The molecule has 0 aliphatic carbocycles. The lowest BCUT2D eigenvalue weighted by molar-refractivity contribution is 0.141. The number of ether oxygens (including phenoxy) is 1. The third-order valence-electron chi connectivity index (χ3n) is 2.03. The van der Waals surface area contributed by atoms with Gasteiger partial charge in [0.2, 0.25) is 0 Å². The van der Waals surface area contributed by atoms with E-state index < -0.39 is 11.8 Å². The first-order valence-electron chi connectivity index (χ1n) is 4.23. The minimum absolute atomic E-state index is 0.298. The number of hydrogen-bond acceptors (Lipinski definition) is 1. The molecule has 0 amide bonds. The molecule has 84 valence electrons. The summed E-state index contributed by atoms with van der Waals surface area (Å²) in [6.45, 7) is 1.85. The van der Waals surface area contributed by atoms with Crippen molar-refractivity contribution in [2.24, 2.45) is 0 Å². The molecule has 1 aromatic rings. The Bertz CT molecular complexity index is 358. The second kappa shape index (κ2) is 5.12. The summed E-state index contributed by atoms with van der Waals surface area (Å²) in [5, 5.41) is -1.35. The zero-order valence-corrected chi connectivity index (χ0v) is 10.6. The number of aryl methyl sites for hydroxylation is 1. The Kier molecular flexibility index (Phi) is 4.34. The molecule has 15 heavy (non-hydrogen) atoms. The highest BCUT2D eigenvalue weighted by Gasteiger charge is 2.23. The molecule has 1 rings (SSSR count). The van der Waals surface area contributed by atoms with E-state index in [0.717, 1.165) is 10.0 Å². The molecule has 1 unspecified atom stereocenters. The molecule has 0 bridgehead atoms. The van der Waals surface area contributed by atoms with Gasteiger partial charge in [0, 0.05) is 10.0 Å². The van der Waals surface area contributed by atoms with Gasteiger partial charge in [0.05, 0.1) is 7.11 Å². The Labute approximate surface area is 101 Å². The van der Waals surface area contributed by atoms with Crippen LogP contribution in [0.1, 0.15) is 16.5 Å². The summed E-state index contributed by atoms with van der Waals surface area (Å²) in [5.74, 6) is 0.385. The normalized spacial score (nSPS) is 13.0. The van der Waals surface area contributed by atoms with Crippen LogP contribution < -0.4 is 4.74 Å². The van der Waals surface area contributed by atoms with E-state index in [1.807, 2.05) is 6.92 Å². The summed E-state index contributed by atoms with van der Waals surface area (Å²) >= 11 is 8.87. The van der Waals surface area contributed by atoms with Crippen molar-refractivity contribution in [2.45, 2.75) is 18.7 Å². The predicted molar refractivity (Wildman–Crippen MR) is 60.0 cm³/mol. The maximum atomic E-state index is 12.5. The largest absolute Gasteiger partial charge is 0.496 e. The smallest absolute Gasteiger partial charge is 0.258 e. The van der Waals surface area contributed by atoms with Gasteiger partial charge in [0.1, 0.15) is 11.1 Å². The van der Waals surface area contributed by atoms with Gasteiger partial charge in [-0.2, -0.15) is 0 Å². The van der Waals surface area contributed by atoms with Crippen molar-refractivity contribution < 1.29 is 13.5 Å². The van der Waals surface area contributed by atoms with Crippen molar-refractivity contribution in [3.8, 4) is 5.75 Å². The first kappa shape index (κ1) is 12.7. The van der Waals surface area contributed by atoms with Gasteiger partial charge in [-0.15, -0.1) is 11.6 Å². The Morgan fingerprint density at radius 2 is 2.00 bits per heavy atom. The molecular weight excluding hydrogens is 289 g/mol. The van der Waals surface area contributed by atoms with Crippen LogP contribution in [-0.4, -0.2) is 13.5 Å². The summed E-state index contributed by atoms with van der Waals surface area (Å²) in [7, 11) is 1.43. The summed E-state index contributed by atoms with van der Waals surface area (Å²) in [4.78, 5) is 0. The van der Waals surface area contributed by atoms with E-state index in [2.05, 4.69) is 15.9 Å². The Hall–Kier alpha value is -0.350. The molecule has 0 heterocycles. The van der Waals surface area contributed by atoms with Crippen molar-refractivity contribution in [3.05, 3.63) is 27.7 Å². The number of rotatable bonds is 3. The minimum atomic E-state index is -2.62. The van der Waals surface area contributed by atoms with Crippen LogP contribution in [0.2, 0.25) is 0 Å². The summed E-state index contributed by atoms with van der Waals surface area (Å²) < 4.78 is 30.7. The lowest BCUT2D eigenvalue weighted by Crippen LogP contribution is -2.04. The first-order valence-corrected chi connectivity index (χ1v) is 5.46. The molecule has 5 heteroatoms. The van der Waals surface area contributed by atoms with E-state index >= 15 is 0 Å². The van der Waals surface area contributed by atoms with E-state index in [9.17, 15) is 8.78 Å². The van der Waals surface area contributed by atoms with E-state index in [0.29, 0.717) is 11.3 Å². The molecule has 1 aromatic carbocycles. The van der Waals surface area contributed by atoms with Gasteiger partial charge in [0.15, 0.2) is 0 Å². The van der Waals surface area contributed by atoms with E-state index in [-0.39, 0.29) is 0 Å². The number of hydrogen-bond donors (Lipinski definition) is 0. The van der Waals surface area contributed by atoms with Gasteiger partial charge in [0.25, 0.3) is 6.43 Å². The Morgan fingerprint density at radius 1 is 1.40 bits per heavy atom. The van der Waals surface area contributed by atoms with Crippen LogP contribution in [0.25, 0.3) is 0 Å². The van der Waals surface area contributed by atoms with Crippen molar-refractivity contribution in [1.82, 2.24) is 0 Å². The fraction of sp³-hybridized carbons (Fsp3) is 0.400. The first-order chi connectivity index (χ1) is 6.97. The maximum absolute atomic E-state index is 12.5. The van der Waals surface area contributed by atoms with Crippen molar-refractivity contribution >= 4 is 27.5 Å². The fourth-order valence-corrected chi connectivity index (χ4v) is 1.73. The van der Waals surface area contributed by atoms with Crippen LogP contribution in [0.4, 0.5) is 8.78 Å². The molecule has 0 aliphatic heterocycles. The number of halogens is 4. The lowest BCUT2D eigenvalue weighted by Gasteiger charge is -2.14. The van der Waals surface area contributed by atoms with E-state index in [1.165, 1.54) is 7.11 Å². The van der Waals surface area contributed by atoms with Gasteiger partial charge in [-0.1, -0.05) is 15.9 Å². The highest BCUT2D eigenvalue weighted by Crippen LogP contribution is 2.37. The van der Waals surface area contributed by atoms with Gasteiger partial charge >= 0.3 is 0 Å². The summed E-state index contributed by atoms with van der Waals surface area (Å²) in [6, 6.07) is 3.25. The molecular formula is C10H10BrClF2O. The molecule has 1 nitrogen and oxygen atoms in total. The third-order valence-corrected chi connectivity index (χ3v) is 3.31. The number of methoxy groups -OCH3 is 1. The minimum Gasteiger partial charge on any atom is -0.496 e. The highest BCUT2D eigenvalue weighted by molar-refractivity contribution is 9.10. The van der Waals surface area contributed by atoms with Crippen molar-refractivity contribution in [2.75, 3.05) is 7.11 Å². The lowest BCUT2D eigenvalue weighted by atomic mass is 10.1. The van der Waals surface area contributed by atoms with Crippen LogP contribution in [0, 0.1) is 6.92 Å². The van der Waals surface area contributed by atoms with Gasteiger partial charge in [-0.3, -0.25) is 0 Å². The topological polar surface area (TPSA) is 9.23 Å². The zero-order chi connectivity index (χ0) is 11.6. The number of alkyl halides is 3. The summed E-state index contributed by atoms with van der Waals surface area (Å²) in [5.41, 5.74) is 1.21. The Morgan fingerprint density at radius 3 is 2.47 bits per heavy atom. The molecule has 1 atom stereocenters. The summed E-state index contributed by atoms with van der Waals surface area (Å²) in [6.07, 6.45) is -2.62. The van der Waals surface area contributed by atoms with Crippen LogP contribution in [-0.2, 0) is 0 Å². The number of benzene rings is 1. The molecule has 0 aromatic heterocycles.